The van der Waals surface area contributed by atoms with Crippen LogP contribution in [0.4, 0.5) is 5.69 Å². The van der Waals surface area contributed by atoms with Crippen LogP contribution in [0.25, 0.3) is 11.0 Å². The lowest BCUT2D eigenvalue weighted by molar-refractivity contribution is 0.102. The van der Waals surface area contributed by atoms with E-state index in [1.54, 1.807) is 6.20 Å². The molecular weight excluding hydrogens is 384 g/mol. The van der Waals surface area contributed by atoms with E-state index in [9.17, 15) is 4.79 Å². The summed E-state index contributed by atoms with van der Waals surface area (Å²) in [5.41, 5.74) is 3.94. The van der Waals surface area contributed by atoms with Crippen LogP contribution in [-0.4, -0.2) is 20.7 Å². The van der Waals surface area contributed by atoms with Gasteiger partial charge in [-0.25, -0.2) is 9.67 Å². The molecule has 6 heteroatoms. The molecule has 1 fully saturated rings. The summed E-state index contributed by atoms with van der Waals surface area (Å²) in [6.45, 7) is 6.22. The minimum absolute atomic E-state index is 0.258. The SMILES string of the molecule is Cc1nn(C2CCCCC2)c2ncc(C(=O)Nc3ccc(C(C)C)cc3)c(Cl)c12. The number of hydrogen-bond donors (Lipinski definition) is 1. The van der Waals surface area contributed by atoms with E-state index in [2.05, 4.69) is 24.1 Å². The number of halogens is 1. The summed E-state index contributed by atoms with van der Waals surface area (Å²) in [6, 6.07) is 8.25. The van der Waals surface area contributed by atoms with Crippen molar-refractivity contribution in [2.45, 2.75) is 64.8 Å². The Kier molecular flexibility index (Phi) is 5.59. The van der Waals surface area contributed by atoms with Crippen LogP contribution in [0.1, 0.15) is 79.5 Å². The first-order valence-corrected chi connectivity index (χ1v) is 10.8. The van der Waals surface area contributed by atoms with Crippen LogP contribution in [0.2, 0.25) is 5.02 Å². The molecule has 0 spiro atoms. The van der Waals surface area contributed by atoms with Crippen molar-refractivity contribution >= 4 is 34.2 Å². The Labute approximate surface area is 176 Å². The molecule has 0 radical (unpaired) electrons. The molecule has 2 aromatic heterocycles. The Balaban J connectivity index is 1.63. The number of amides is 1. The number of aromatic nitrogens is 3. The molecule has 3 aromatic rings. The molecule has 4 rings (SSSR count). The van der Waals surface area contributed by atoms with E-state index >= 15 is 0 Å². The van der Waals surface area contributed by atoms with Crippen molar-refractivity contribution in [2.75, 3.05) is 5.32 Å². The van der Waals surface area contributed by atoms with Crippen LogP contribution >= 0.6 is 11.6 Å². The zero-order valence-electron chi connectivity index (χ0n) is 17.2. The van der Waals surface area contributed by atoms with Gasteiger partial charge in [0.2, 0.25) is 0 Å². The number of anilines is 1. The summed E-state index contributed by atoms with van der Waals surface area (Å²) >= 11 is 6.67. The van der Waals surface area contributed by atoms with Gasteiger partial charge < -0.3 is 5.32 Å². The van der Waals surface area contributed by atoms with Gasteiger partial charge in [-0.3, -0.25) is 4.79 Å². The molecule has 0 atom stereocenters. The van der Waals surface area contributed by atoms with Crippen LogP contribution < -0.4 is 5.32 Å². The molecule has 5 nitrogen and oxygen atoms in total. The Hall–Kier alpha value is -2.40. The number of fused-ring (bicyclic) bond motifs is 1. The van der Waals surface area contributed by atoms with Crippen molar-refractivity contribution < 1.29 is 4.79 Å². The van der Waals surface area contributed by atoms with Crippen LogP contribution in [0, 0.1) is 6.92 Å². The van der Waals surface area contributed by atoms with Crippen molar-refractivity contribution in [1.29, 1.82) is 0 Å². The molecule has 1 aliphatic carbocycles. The van der Waals surface area contributed by atoms with E-state index in [1.165, 1.54) is 24.8 Å². The Bertz CT molecular complexity index is 1030. The number of carbonyl (C=O) groups excluding carboxylic acids is 1. The van der Waals surface area contributed by atoms with Gasteiger partial charge in [0.1, 0.15) is 0 Å². The average molecular weight is 411 g/mol. The zero-order valence-corrected chi connectivity index (χ0v) is 18.0. The van der Waals surface area contributed by atoms with Crippen molar-refractivity contribution in [3.05, 3.63) is 52.3 Å². The van der Waals surface area contributed by atoms with Crippen LogP contribution in [-0.2, 0) is 0 Å². The second kappa shape index (κ2) is 8.15. The van der Waals surface area contributed by atoms with Crippen molar-refractivity contribution in [3.8, 4) is 0 Å². The maximum Gasteiger partial charge on any atom is 0.258 e. The van der Waals surface area contributed by atoms with E-state index in [-0.39, 0.29) is 5.91 Å². The number of nitrogens with one attached hydrogen (secondary N) is 1. The Morgan fingerprint density at radius 2 is 1.86 bits per heavy atom. The van der Waals surface area contributed by atoms with Crippen molar-refractivity contribution in [1.82, 2.24) is 14.8 Å². The molecule has 0 unspecified atom stereocenters. The molecule has 0 bridgehead atoms. The molecule has 1 saturated carbocycles. The normalized spacial score (nSPS) is 15.2. The summed E-state index contributed by atoms with van der Waals surface area (Å²) in [7, 11) is 0. The van der Waals surface area contributed by atoms with E-state index in [0.29, 0.717) is 22.5 Å². The maximum absolute atomic E-state index is 12.9. The number of benzene rings is 1. The quantitative estimate of drug-likeness (QED) is 0.551. The van der Waals surface area contributed by atoms with Crippen LogP contribution in [0.5, 0.6) is 0 Å². The summed E-state index contributed by atoms with van der Waals surface area (Å²) < 4.78 is 2.02. The summed E-state index contributed by atoms with van der Waals surface area (Å²) in [6.07, 6.45) is 7.52. The minimum atomic E-state index is -0.258. The second-order valence-corrected chi connectivity index (χ2v) is 8.62. The van der Waals surface area contributed by atoms with E-state index in [1.807, 2.05) is 35.9 Å². The topological polar surface area (TPSA) is 59.8 Å². The molecule has 2 heterocycles. The summed E-state index contributed by atoms with van der Waals surface area (Å²) in [5.74, 6) is 0.191. The van der Waals surface area contributed by atoms with Gasteiger partial charge in [0, 0.05) is 11.9 Å². The predicted octanol–water partition coefficient (Wildman–Crippen LogP) is 6.27. The molecule has 152 valence electrons. The van der Waals surface area contributed by atoms with E-state index in [0.717, 1.165) is 35.3 Å². The lowest BCUT2D eigenvalue weighted by atomic mass is 9.96. The second-order valence-electron chi connectivity index (χ2n) is 8.24. The third-order valence-corrected chi connectivity index (χ3v) is 6.23. The molecule has 0 saturated heterocycles. The van der Waals surface area contributed by atoms with E-state index in [4.69, 9.17) is 16.7 Å². The first kappa shape index (κ1) is 19.9. The number of rotatable bonds is 4. The molecule has 1 aliphatic rings. The highest BCUT2D eigenvalue weighted by molar-refractivity contribution is 6.39. The molecular formula is C23H27ClN4O. The molecule has 1 amide bonds. The smallest absolute Gasteiger partial charge is 0.258 e. The molecule has 0 aliphatic heterocycles. The van der Waals surface area contributed by atoms with Gasteiger partial charge >= 0.3 is 0 Å². The van der Waals surface area contributed by atoms with Gasteiger partial charge in [-0.15, -0.1) is 0 Å². The Morgan fingerprint density at radius 3 is 2.52 bits per heavy atom. The molecule has 1 aromatic carbocycles. The van der Waals surface area contributed by atoms with Gasteiger partial charge in [-0.2, -0.15) is 5.10 Å². The Morgan fingerprint density at radius 1 is 1.17 bits per heavy atom. The van der Waals surface area contributed by atoms with Crippen molar-refractivity contribution in [3.63, 3.8) is 0 Å². The number of nitrogens with zero attached hydrogens (tertiary/aromatic N) is 3. The summed E-state index contributed by atoms with van der Waals surface area (Å²) in [5, 5.41) is 8.85. The first-order valence-electron chi connectivity index (χ1n) is 10.4. The van der Waals surface area contributed by atoms with Gasteiger partial charge in [-0.1, -0.05) is 56.8 Å². The highest BCUT2D eigenvalue weighted by Crippen LogP contribution is 2.34. The number of hydrogen-bond acceptors (Lipinski definition) is 3. The third-order valence-electron chi connectivity index (χ3n) is 5.83. The standard InChI is InChI=1S/C23H27ClN4O/c1-14(2)16-9-11-17(12-10-16)26-23(29)19-13-25-22-20(21(19)24)15(3)27-28(22)18-7-5-4-6-8-18/h9-14,18H,4-8H2,1-3H3,(H,26,29). The zero-order chi connectivity index (χ0) is 20.5. The summed E-state index contributed by atoms with van der Waals surface area (Å²) in [4.78, 5) is 17.4. The van der Waals surface area contributed by atoms with Gasteiger partial charge in [0.25, 0.3) is 5.91 Å². The first-order chi connectivity index (χ1) is 14.0. The number of pyridine rings is 1. The average Bonchev–Trinajstić information content (AvgIpc) is 3.06. The number of aryl methyl sites for hydroxylation is 1. The fourth-order valence-electron chi connectivity index (χ4n) is 4.12. The van der Waals surface area contributed by atoms with Gasteiger partial charge in [0.15, 0.2) is 5.65 Å². The van der Waals surface area contributed by atoms with Crippen LogP contribution in [0.15, 0.2) is 30.5 Å². The highest BCUT2D eigenvalue weighted by atomic mass is 35.5. The van der Waals surface area contributed by atoms with Crippen molar-refractivity contribution in [2.24, 2.45) is 0 Å². The fourth-order valence-corrected chi connectivity index (χ4v) is 4.48. The third kappa shape index (κ3) is 3.88. The van der Waals surface area contributed by atoms with Gasteiger partial charge in [-0.05, 0) is 43.4 Å². The van der Waals surface area contributed by atoms with E-state index < -0.39 is 0 Å². The lowest BCUT2D eigenvalue weighted by Crippen LogP contribution is -2.15. The number of carbonyl (C=O) groups is 1. The molecule has 29 heavy (non-hydrogen) atoms. The highest BCUT2D eigenvalue weighted by Gasteiger charge is 2.24. The minimum Gasteiger partial charge on any atom is -0.322 e. The molecule has 1 N–H and O–H groups in total. The largest absolute Gasteiger partial charge is 0.322 e. The van der Waals surface area contributed by atoms with Crippen LogP contribution in [0.3, 0.4) is 0 Å². The van der Waals surface area contributed by atoms with Gasteiger partial charge in [0.05, 0.1) is 27.7 Å². The lowest BCUT2D eigenvalue weighted by Gasteiger charge is -2.22. The monoisotopic (exact) mass is 410 g/mol. The maximum atomic E-state index is 12.9. The predicted molar refractivity (Wildman–Crippen MR) is 118 cm³/mol. The fraction of sp³-hybridized carbons (Fsp3) is 0.435.